The van der Waals surface area contributed by atoms with Crippen LogP contribution in [0, 0.1) is 0 Å². The van der Waals surface area contributed by atoms with Crippen molar-refractivity contribution in [3.63, 3.8) is 0 Å². The minimum Gasteiger partial charge on any atom is -0.442 e. The second kappa shape index (κ2) is 4.46. The molecule has 2 rings (SSSR count). The molecule has 0 aromatic carbocycles. The molecular weight excluding hydrogens is 254 g/mol. The van der Waals surface area contributed by atoms with E-state index in [2.05, 4.69) is 10.5 Å². The topological polar surface area (TPSA) is 100 Å². The lowest BCUT2D eigenvalue weighted by Gasteiger charge is -2.37. The molecule has 2 amide bonds. The second-order valence-electron chi connectivity index (χ2n) is 5.45. The van der Waals surface area contributed by atoms with E-state index in [-0.39, 0.29) is 25.3 Å². The molecule has 1 fully saturated rings. The van der Waals surface area contributed by atoms with Crippen LogP contribution >= 0.6 is 0 Å². The lowest BCUT2D eigenvalue weighted by atomic mass is 9.88. The average Bonchev–Trinajstić information content (AvgIpc) is 2.65. The van der Waals surface area contributed by atoms with Crippen LogP contribution in [0.3, 0.4) is 0 Å². The summed E-state index contributed by atoms with van der Waals surface area (Å²) in [5, 5.41) is 14.2. The predicted octanol–water partition coefficient (Wildman–Crippen LogP) is 0.258. The van der Waals surface area contributed by atoms with Gasteiger partial charge in [0.1, 0.15) is 11.3 Å². The van der Waals surface area contributed by atoms with E-state index in [0.717, 1.165) is 0 Å². The van der Waals surface area contributed by atoms with Gasteiger partial charge in [-0.2, -0.15) is 10.2 Å². The highest BCUT2D eigenvalue weighted by molar-refractivity contribution is 6.18. The normalized spacial score (nSPS) is 26.3. The van der Waals surface area contributed by atoms with Gasteiger partial charge in [-0.25, -0.2) is 10.2 Å². The molecule has 0 radical (unpaired) electrons. The molecule has 19 heavy (non-hydrogen) atoms. The molecule has 0 saturated carbocycles. The molecule has 0 bridgehead atoms. The maximum atomic E-state index is 12.0. The van der Waals surface area contributed by atoms with Crippen molar-refractivity contribution in [1.29, 1.82) is 0 Å². The third-order valence-corrected chi connectivity index (χ3v) is 2.92. The molecule has 8 nitrogen and oxygen atoms in total. The number of hydrogen-bond donors (Lipinski definition) is 2. The van der Waals surface area contributed by atoms with E-state index in [9.17, 15) is 14.8 Å². The van der Waals surface area contributed by atoms with Crippen LogP contribution in [0.15, 0.2) is 5.10 Å². The summed E-state index contributed by atoms with van der Waals surface area (Å²) in [6, 6.07) is 0. The Bertz CT molecular complexity index is 442. The predicted molar refractivity (Wildman–Crippen MR) is 63.6 cm³/mol. The summed E-state index contributed by atoms with van der Waals surface area (Å²) in [6.07, 6.45) is -0.855. The monoisotopic (exact) mass is 271 g/mol. The van der Waals surface area contributed by atoms with Gasteiger partial charge in [0.05, 0.1) is 13.2 Å². The van der Waals surface area contributed by atoms with Gasteiger partial charge in [0.2, 0.25) is 0 Å². The van der Waals surface area contributed by atoms with Crippen molar-refractivity contribution in [2.45, 2.75) is 38.3 Å². The minimum atomic E-state index is -1.51. The fraction of sp³-hybridized carbons (Fsp3) is 0.727. The van der Waals surface area contributed by atoms with Gasteiger partial charge in [-0.3, -0.25) is 10.0 Å². The number of rotatable bonds is 1. The summed E-state index contributed by atoms with van der Waals surface area (Å²) in [7, 11) is 0. The molecule has 1 atom stereocenters. The SMILES string of the molecule is CC(C)(C)OC(=O)N(O)C12CCOCC1=NNC2=O. The van der Waals surface area contributed by atoms with E-state index in [1.165, 1.54) is 0 Å². The fourth-order valence-corrected chi connectivity index (χ4v) is 2.02. The molecule has 0 aromatic heterocycles. The van der Waals surface area contributed by atoms with Crippen molar-refractivity contribution in [2.24, 2.45) is 5.10 Å². The summed E-state index contributed by atoms with van der Waals surface area (Å²) < 4.78 is 10.2. The number of amides is 2. The number of hydrazone groups is 1. The molecule has 1 unspecified atom stereocenters. The first-order valence-electron chi connectivity index (χ1n) is 5.95. The summed E-state index contributed by atoms with van der Waals surface area (Å²) in [5.41, 5.74) is 0.251. The van der Waals surface area contributed by atoms with Crippen molar-refractivity contribution in [3.05, 3.63) is 0 Å². The summed E-state index contributed by atoms with van der Waals surface area (Å²) in [5.74, 6) is -0.556. The number of nitrogens with zero attached hydrogens (tertiary/aromatic N) is 2. The van der Waals surface area contributed by atoms with Crippen molar-refractivity contribution in [3.8, 4) is 0 Å². The van der Waals surface area contributed by atoms with Gasteiger partial charge in [0, 0.05) is 6.42 Å². The highest BCUT2D eigenvalue weighted by Crippen LogP contribution is 2.29. The summed E-state index contributed by atoms with van der Waals surface area (Å²) in [4.78, 5) is 23.9. The first-order chi connectivity index (χ1) is 8.77. The van der Waals surface area contributed by atoms with Crippen LogP contribution in [0.25, 0.3) is 0 Å². The van der Waals surface area contributed by atoms with Crippen LogP contribution in [-0.4, -0.2) is 52.3 Å². The molecule has 2 aliphatic rings. The van der Waals surface area contributed by atoms with Gasteiger partial charge < -0.3 is 9.47 Å². The first-order valence-corrected chi connectivity index (χ1v) is 5.95. The van der Waals surface area contributed by atoms with Crippen molar-refractivity contribution < 1.29 is 24.3 Å². The molecule has 2 heterocycles. The van der Waals surface area contributed by atoms with E-state index in [0.29, 0.717) is 5.06 Å². The molecule has 2 aliphatic heterocycles. The quantitative estimate of drug-likeness (QED) is 0.526. The Morgan fingerprint density at radius 2 is 2.26 bits per heavy atom. The van der Waals surface area contributed by atoms with Gasteiger partial charge in [0.25, 0.3) is 5.91 Å². The van der Waals surface area contributed by atoms with Crippen LogP contribution in [0.4, 0.5) is 4.79 Å². The third-order valence-electron chi connectivity index (χ3n) is 2.92. The molecule has 0 spiro atoms. The van der Waals surface area contributed by atoms with Crippen LogP contribution in [0.2, 0.25) is 0 Å². The van der Waals surface area contributed by atoms with E-state index in [4.69, 9.17) is 9.47 Å². The number of hydroxylamine groups is 2. The first kappa shape index (κ1) is 13.8. The van der Waals surface area contributed by atoms with Crippen molar-refractivity contribution >= 4 is 17.7 Å². The molecule has 1 saturated heterocycles. The molecular formula is C11H17N3O5. The zero-order chi connectivity index (χ0) is 14.3. The minimum absolute atomic E-state index is 0.0819. The standard InChI is InChI=1S/C11H17N3O5/c1-10(2,3)19-9(16)14(17)11-4-5-18-6-7(11)12-13-8(11)15/h17H,4-6H2,1-3H3,(H,13,15). The second-order valence-corrected chi connectivity index (χ2v) is 5.45. The molecule has 106 valence electrons. The zero-order valence-electron chi connectivity index (χ0n) is 11.1. The number of fused-ring (bicyclic) bond motifs is 1. The Hall–Kier alpha value is -1.67. The van der Waals surface area contributed by atoms with Gasteiger partial charge >= 0.3 is 6.09 Å². The Kier molecular flexibility index (Phi) is 3.23. The fourth-order valence-electron chi connectivity index (χ4n) is 2.02. The Morgan fingerprint density at radius 3 is 2.89 bits per heavy atom. The Morgan fingerprint density at radius 1 is 1.58 bits per heavy atom. The molecule has 0 aliphatic carbocycles. The average molecular weight is 271 g/mol. The summed E-state index contributed by atoms with van der Waals surface area (Å²) >= 11 is 0. The number of carbonyl (C=O) groups excluding carboxylic acids is 2. The maximum absolute atomic E-state index is 12.0. The summed E-state index contributed by atoms with van der Waals surface area (Å²) in [6.45, 7) is 5.34. The van der Waals surface area contributed by atoms with Gasteiger partial charge in [-0.15, -0.1) is 0 Å². The number of carbonyl (C=O) groups is 2. The van der Waals surface area contributed by atoms with E-state index >= 15 is 0 Å². The Balaban J connectivity index is 2.25. The van der Waals surface area contributed by atoms with Crippen LogP contribution < -0.4 is 5.43 Å². The van der Waals surface area contributed by atoms with Crippen molar-refractivity contribution in [1.82, 2.24) is 10.5 Å². The molecule has 0 aromatic rings. The van der Waals surface area contributed by atoms with Crippen molar-refractivity contribution in [2.75, 3.05) is 13.2 Å². The number of hydrogen-bond acceptors (Lipinski definition) is 6. The third kappa shape index (κ3) is 2.28. The lowest BCUT2D eigenvalue weighted by Crippen LogP contribution is -2.63. The largest absolute Gasteiger partial charge is 0.442 e. The van der Waals surface area contributed by atoms with E-state index in [1.807, 2.05) is 0 Å². The van der Waals surface area contributed by atoms with Crippen LogP contribution in [-0.2, 0) is 14.3 Å². The maximum Gasteiger partial charge on any atom is 0.435 e. The van der Waals surface area contributed by atoms with E-state index < -0.39 is 23.1 Å². The van der Waals surface area contributed by atoms with Crippen LogP contribution in [0.1, 0.15) is 27.2 Å². The van der Waals surface area contributed by atoms with E-state index in [1.54, 1.807) is 20.8 Å². The van der Waals surface area contributed by atoms with Crippen LogP contribution in [0.5, 0.6) is 0 Å². The number of nitrogens with one attached hydrogen (secondary N) is 1. The van der Waals surface area contributed by atoms with Gasteiger partial charge in [-0.05, 0) is 20.8 Å². The van der Waals surface area contributed by atoms with Gasteiger partial charge in [-0.1, -0.05) is 0 Å². The molecule has 8 heteroatoms. The zero-order valence-corrected chi connectivity index (χ0v) is 11.1. The molecule has 2 N–H and O–H groups in total. The lowest BCUT2D eigenvalue weighted by molar-refractivity contribution is -0.164. The number of ether oxygens (including phenoxy) is 2. The Labute approximate surface area is 110 Å². The van der Waals surface area contributed by atoms with Gasteiger partial charge in [0.15, 0.2) is 5.54 Å². The highest BCUT2D eigenvalue weighted by Gasteiger charge is 2.56. The highest BCUT2D eigenvalue weighted by atomic mass is 16.6. The smallest absolute Gasteiger partial charge is 0.435 e.